The number of benzene rings is 1. The van der Waals surface area contributed by atoms with Crippen LogP contribution in [0.3, 0.4) is 0 Å². The molecular weight excluding hydrogens is 303 g/mol. The first kappa shape index (κ1) is 17.4. The van der Waals surface area contributed by atoms with Gasteiger partial charge in [0.05, 0.1) is 11.7 Å². The maximum absolute atomic E-state index is 14.3. The highest BCUT2D eigenvalue weighted by atomic mass is 19.1. The molecule has 1 aromatic carbocycles. The van der Waals surface area contributed by atoms with E-state index >= 15 is 0 Å². The third-order valence-electron chi connectivity index (χ3n) is 3.32. The van der Waals surface area contributed by atoms with Crippen molar-refractivity contribution in [1.29, 1.82) is 0 Å². The maximum atomic E-state index is 14.3. The SMILES string of the molecule is CC(C)(C)OC(=O)c1ccc(N2C[C@H](CN)OC2C=O)cc1F. The second-order valence-corrected chi connectivity index (χ2v) is 6.34. The smallest absolute Gasteiger partial charge is 0.341 e. The van der Waals surface area contributed by atoms with Crippen molar-refractivity contribution in [3.63, 3.8) is 0 Å². The van der Waals surface area contributed by atoms with E-state index in [0.717, 1.165) is 0 Å². The molecule has 1 aromatic rings. The molecule has 1 heterocycles. The number of anilines is 1. The molecule has 0 bridgehead atoms. The summed E-state index contributed by atoms with van der Waals surface area (Å²) in [5.74, 6) is -1.44. The van der Waals surface area contributed by atoms with E-state index in [9.17, 15) is 14.0 Å². The number of aldehydes is 1. The first-order valence-corrected chi connectivity index (χ1v) is 7.35. The van der Waals surface area contributed by atoms with Crippen LogP contribution in [-0.4, -0.2) is 43.3 Å². The first-order chi connectivity index (χ1) is 10.7. The number of carbonyl (C=O) groups is 2. The highest BCUT2D eigenvalue weighted by Crippen LogP contribution is 2.26. The van der Waals surface area contributed by atoms with Gasteiger partial charge in [-0.2, -0.15) is 0 Å². The number of ether oxygens (including phenoxy) is 2. The van der Waals surface area contributed by atoms with E-state index in [1.807, 2.05) is 0 Å². The van der Waals surface area contributed by atoms with Crippen molar-refractivity contribution in [3.8, 4) is 0 Å². The lowest BCUT2D eigenvalue weighted by Crippen LogP contribution is -2.32. The normalized spacial score (nSPS) is 21.3. The lowest BCUT2D eigenvalue weighted by Gasteiger charge is -2.22. The van der Waals surface area contributed by atoms with Gasteiger partial charge >= 0.3 is 5.97 Å². The van der Waals surface area contributed by atoms with E-state index in [4.69, 9.17) is 15.2 Å². The topological polar surface area (TPSA) is 81.9 Å². The number of esters is 1. The zero-order chi connectivity index (χ0) is 17.2. The first-order valence-electron chi connectivity index (χ1n) is 7.35. The van der Waals surface area contributed by atoms with E-state index in [1.54, 1.807) is 31.7 Å². The quantitative estimate of drug-likeness (QED) is 0.667. The second kappa shape index (κ2) is 6.64. The number of carbonyl (C=O) groups excluding carboxylic acids is 2. The molecule has 126 valence electrons. The van der Waals surface area contributed by atoms with Crippen LogP contribution in [0.25, 0.3) is 0 Å². The Morgan fingerprint density at radius 1 is 1.52 bits per heavy atom. The van der Waals surface area contributed by atoms with Crippen molar-refractivity contribution >= 4 is 17.9 Å². The summed E-state index contributed by atoms with van der Waals surface area (Å²) in [5, 5.41) is 0. The van der Waals surface area contributed by atoms with Crippen LogP contribution in [-0.2, 0) is 14.3 Å². The molecule has 6 nitrogen and oxygen atoms in total. The van der Waals surface area contributed by atoms with Crippen LogP contribution >= 0.6 is 0 Å². The summed E-state index contributed by atoms with van der Waals surface area (Å²) in [4.78, 5) is 24.7. The summed E-state index contributed by atoms with van der Waals surface area (Å²) < 4.78 is 24.8. The highest BCUT2D eigenvalue weighted by molar-refractivity contribution is 5.90. The van der Waals surface area contributed by atoms with E-state index in [1.165, 1.54) is 12.1 Å². The average molecular weight is 324 g/mol. The second-order valence-electron chi connectivity index (χ2n) is 6.34. The lowest BCUT2D eigenvalue weighted by molar-refractivity contribution is -0.117. The van der Waals surface area contributed by atoms with Crippen molar-refractivity contribution in [2.75, 3.05) is 18.0 Å². The number of halogens is 1. The summed E-state index contributed by atoms with van der Waals surface area (Å²) in [6.45, 7) is 5.77. The summed E-state index contributed by atoms with van der Waals surface area (Å²) >= 11 is 0. The average Bonchev–Trinajstić information content (AvgIpc) is 2.88. The van der Waals surface area contributed by atoms with Crippen LogP contribution in [0.1, 0.15) is 31.1 Å². The predicted octanol–water partition coefficient (Wildman–Crippen LogP) is 1.47. The standard InChI is InChI=1S/C16H21FN2O4/c1-16(2,3)23-15(21)12-5-4-10(6-13(12)17)19-8-11(7-18)22-14(19)9-20/h4-6,9,11,14H,7-8,18H2,1-3H3/t11-,14?/m0/s1. The van der Waals surface area contributed by atoms with Gasteiger partial charge in [0, 0.05) is 18.8 Å². The van der Waals surface area contributed by atoms with Crippen LogP contribution in [0, 0.1) is 5.82 Å². The molecule has 0 spiro atoms. The van der Waals surface area contributed by atoms with Gasteiger partial charge in [0.15, 0.2) is 12.5 Å². The van der Waals surface area contributed by atoms with Crippen LogP contribution in [0.4, 0.5) is 10.1 Å². The zero-order valence-electron chi connectivity index (χ0n) is 13.4. The monoisotopic (exact) mass is 324 g/mol. The molecule has 2 N–H and O–H groups in total. The van der Waals surface area contributed by atoms with E-state index in [0.29, 0.717) is 18.5 Å². The Kier molecular flexibility index (Phi) is 5.01. The van der Waals surface area contributed by atoms with Crippen LogP contribution in [0.5, 0.6) is 0 Å². The molecule has 1 saturated heterocycles. The van der Waals surface area contributed by atoms with Crippen LogP contribution < -0.4 is 10.6 Å². The summed E-state index contributed by atoms with van der Waals surface area (Å²) in [7, 11) is 0. The Bertz CT molecular complexity index is 600. The maximum Gasteiger partial charge on any atom is 0.341 e. The van der Waals surface area contributed by atoms with Crippen molar-refractivity contribution < 1.29 is 23.5 Å². The van der Waals surface area contributed by atoms with Crippen LogP contribution in [0.2, 0.25) is 0 Å². The van der Waals surface area contributed by atoms with Gasteiger partial charge in [-0.1, -0.05) is 0 Å². The van der Waals surface area contributed by atoms with Crippen LogP contribution in [0.15, 0.2) is 18.2 Å². The minimum absolute atomic E-state index is 0.151. The zero-order valence-corrected chi connectivity index (χ0v) is 13.4. The van der Waals surface area contributed by atoms with E-state index in [2.05, 4.69) is 0 Å². The number of hydrogen-bond donors (Lipinski definition) is 1. The molecule has 0 amide bonds. The minimum Gasteiger partial charge on any atom is -0.456 e. The molecule has 1 unspecified atom stereocenters. The van der Waals surface area contributed by atoms with Gasteiger partial charge in [0.1, 0.15) is 11.4 Å². The van der Waals surface area contributed by atoms with E-state index in [-0.39, 0.29) is 18.2 Å². The Labute approximate surface area is 134 Å². The number of nitrogens with zero attached hydrogens (tertiary/aromatic N) is 1. The molecule has 0 aromatic heterocycles. The molecule has 2 rings (SSSR count). The Hall–Kier alpha value is -1.99. The molecule has 0 saturated carbocycles. The summed E-state index contributed by atoms with van der Waals surface area (Å²) in [6, 6.07) is 4.09. The van der Waals surface area contributed by atoms with Gasteiger partial charge in [-0.15, -0.1) is 0 Å². The highest BCUT2D eigenvalue weighted by Gasteiger charge is 2.32. The van der Waals surface area contributed by atoms with Gasteiger partial charge in [-0.25, -0.2) is 9.18 Å². The molecule has 1 aliphatic rings. The molecule has 1 aliphatic heterocycles. The molecule has 0 aliphatic carbocycles. The number of rotatable bonds is 4. The lowest BCUT2D eigenvalue weighted by atomic mass is 10.1. The number of hydrogen-bond acceptors (Lipinski definition) is 6. The largest absolute Gasteiger partial charge is 0.456 e. The molecule has 0 radical (unpaired) electrons. The molecule has 1 fully saturated rings. The minimum atomic E-state index is -0.810. The fourth-order valence-corrected chi connectivity index (χ4v) is 2.31. The van der Waals surface area contributed by atoms with Crippen molar-refractivity contribution in [3.05, 3.63) is 29.6 Å². The van der Waals surface area contributed by atoms with Crippen molar-refractivity contribution in [2.24, 2.45) is 5.73 Å². The van der Waals surface area contributed by atoms with Gasteiger partial charge in [-0.05, 0) is 39.0 Å². The fraction of sp³-hybridized carbons (Fsp3) is 0.500. The fourth-order valence-electron chi connectivity index (χ4n) is 2.31. The summed E-state index contributed by atoms with van der Waals surface area (Å²) in [5.41, 5.74) is 5.13. The third-order valence-corrected chi connectivity index (χ3v) is 3.32. The van der Waals surface area contributed by atoms with Crippen molar-refractivity contribution in [1.82, 2.24) is 0 Å². The molecular formula is C16H21FN2O4. The molecule has 7 heteroatoms. The predicted molar refractivity (Wildman–Crippen MR) is 82.7 cm³/mol. The van der Waals surface area contributed by atoms with Gasteiger partial charge < -0.3 is 20.1 Å². The van der Waals surface area contributed by atoms with Gasteiger partial charge in [0.25, 0.3) is 0 Å². The Balaban J connectivity index is 2.22. The molecule has 2 atom stereocenters. The summed E-state index contributed by atoms with van der Waals surface area (Å²) in [6.07, 6.45) is -0.468. The molecule has 23 heavy (non-hydrogen) atoms. The van der Waals surface area contributed by atoms with Gasteiger partial charge in [-0.3, -0.25) is 4.79 Å². The third kappa shape index (κ3) is 4.05. The number of nitrogens with two attached hydrogens (primary N) is 1. The van der Waals surface area contributed by atoms with Gasteiger partial charge in [0.2, 0.25) is 0 Å². The Morgan fingerprint density at radius 2 is 2.22 bits per heavy atom. The van der Waals surface area contributed by atoms with Crippen molar-refractivity contribution in [2.45, 2.75) is 38.7 Å². The Morgan fingerprint density at radius 3 is 2.74 bits per heavy atom. The van der Waals surface area contributed by atoms with E-state index < -0.39 is 23.6 Å².